The monoisotopic (exact) mass is 318 g/mol. The van der Waals surface area contributed by atoms with E-state index in [1.54, 1.807) is 0 Å². The lowest BCUT2D eigenvalue weighted by Crippen LogP contribution is -2.47. The molecule has 2 heterocycles. The Morgan fingerprint density at radius 1 is 1.38 bits per heavy atom. The van der Waals surface area contributed by atoms with Crippen LogP contribution in [0, 0.1) is 0 Å². The topological polar surface area (TPSA) is 91.8 Å². The molecule has 2 fully saturated rings. The number of guanidine groups is 1. The third-order valence-electron chi connectivity index (χ3n) is 3.74. The van der Waals surface area contributed by atoms with Crippen molar-refractivity contribution in [2.45, 2.75) is 50.9 Å². The first-order valence-electron chi connectivity index (χ1n) is 7.63. The normalized spacial score (nSPS) is 28.9. The van der Waals surface area contributed by atoms with Gasteiger partial charge in [-0.05, 0) is 32.6 Å². The lowest BCUT2D eigenvalue weighted by Gasteiger charge is -2.22. The molecule has 3 N–H and O–H groups in total. The van der Waals surface area contributed by atoms with Crippen LogP contribution >= 0.6 is 0 Å². The summed E-state index contributed by atoms with van der Waals surface area (Å²) in [5, 5.41) is 6.65. The van der Waals surface area contributed by atoms with E-state index in [1.807, 2.05) is 6.92 Å². The molecule has 122 valence electrons. The summed E-state index contributed by atoms with van der Waals surface area (Å²) in [5.41, 5.74) is 0. The van der Waals surface area contributed by atoms with Crippen LogP contribution in [0.5, 0.6) is 0 Å². The number of sulfonamides is 1. The molecule has 2 saturated heterocycles. The third-order valence-corrected chi connectivity index (χ3v) is 4.47. The summed E-state index contributed by atoms with van der Waals surface area (Å²) in [6.45, 7) is 3.83. The molecule has 21 heavy (non-hydrogen) atoms. The quantitative estimate of drug-likeness (QED) is 0.343. The van der Waals surface area contributed by atoms with Crippen LogP contribution in [0.2, 0.25) is 0 Å². The molecule has 2 rings (SSSR count). The Hall–Kier alpha value is -0.860. The van der Waals surface area contributed by atoms with Crippen LogP contribution in [0.3, 0.4) is 0 Å². The number of nitrogens with zero attached hydrogens (tertiary/aromatic N) is 1. The maximum atomic E-state index is 10.9. The van der Waals surface area contributed by atoms with Crippen LogP contribution in [-0.4, -0.2) is 58.5 Å². The zero-order valence-corrected chi connectivity index (χ0v) is 13.6. The summed E-state index contributed by atoms with van der Waals surface area (Å²) in [6.07, 6.45) is 5.91. The highest BCUT2D eigenvalue weighted by molar-refractivity contribution is 7.88. The Morgan fingerprint density at radius 3 is 2.76 bits per heavy atom. The Balaban J connectivity index is 1.74. The standard InChI is InChI=1S/C13H26N4O3S/c1-3-14-13(15-7-4-8-16-21(2,18)19)17-11-9-10-5-6-12(11)20-10/h10-12,16H,3-9H2,1-2H3,(H2,14,15,17). The van der Waals surface area contributed by atoms with E-state index in [-0.39, 0.29) is 0 Å². The predicted octanol–water partition coefficient (Wildman–Crippen LogP) is -0.199. The average Bonchev–Trinajstić information content (AvgIpc) is 2.99. The second kappa shape index (κ2) is 7.42. The Morgan fingerprint density at radius 2 is 2.19 bits per heavy atom. The first kappa shape index (κ1) is 16.5. The number of rotatable bonds is 7. The predicted molar refractivity (Wildman–Crippen MR) is 82.9 cm³/mol. The number of fused-ring (bicyclic) bond motifs is 2. The van der Waals surface area contributed by atoms with Gasteiger partial charge < -0.3 is 15.4 Å². The molecule has 0 aromatic carbocycles. The number of hydrogen-bond donors (Lipinski definition) is 3. The molecule has 2 aliphatic rings. The van der Waals surface area contributed by atoms with Crippen molar-refractivity contribution in [3.63, 3.8) is 0 Å². The van der Waals surface area contributed by atoms with E-state index in [4.69, 9.17) is 4.74 Å². The van der Waals surface area contributed by atoms with Crippen LogP contribution in [0.4, 0.5) is 0 Å². The minimum Gasteiger partial charge on any atom is -0.373 e. The van der Waals surface area contributed by atoms with Gasteiger partial charge in [0, 0.05) is 19.6 Å². The van der Waals surface area contributed by atoms with Gasteiger partial charge in [0.15, 0.2) is 5.96 Å². The molecule has 0 saturated carbocycles. The molecule has 3 atom stereocenters. The molecule has 0 aromatic rings. The van der Waals surface area contributed by atoms with Crippen molar-refractivity contribution < 1.29 is 13.2 Å². The van der Waals surface area contributed by atoms with Crippen molar-refractivity contribution >= 4 is 16.0 Å². The second-order valence-electron chi connectivity index (χ2n) is 5.64. The van der Waals surface area contributed by atoms with Crippen LogP contribution in [0.25, 0.3) is 0 Å². The van der Waals surface area contributed by atoms with Crippen molar-refractivity contribution in [1.82, 2.24) is 15.4 Å². The SMILES string of the molecule is CCNC(=NCCCNS(C)(=O)=O)NC1CC2CCC1O2. The van der Waals surface area contributed by atoms with E-state index in [0.29, 0.717) is 37.8 Å². The van der Waals surface area contributed by atoms with Crippen molar-refractivity contribution in [2.75, 3.05) is 25.9 Å². The maximum Gasteiger partial charge on any atom is 0.208 e. The highest BCUT2D eigenvalue weighted by Crippen LogP contribution is 2.34. The van der Waals surface area contributed by atoms with Crippen LogP contribution < -0.4 is 15.4 Å². The van der Waals surface area contributed by atoms with Crippen molar-refractivity contribution in [3.8, 4) is 0 Å². The summed E-state index contributed by atoms with van der Waals surface area (Å²) in [5.74, 6) is 0.790. The first-order valence-corrected chi connectivity index (χ1v) is 9.52. The van der Waals surface area contributed by atoms with Gasteiger partial charge in [0.05, 0.1) is 24.5 Å². The maximum absolute atomic E-state index is 10.9. The van der Waals surface area contributed by atoms with E-state index < -0.39 is 10.0 Å². The molecule has 0 spiro atoms. The molecule has 0 amide bonds. The molecule has 3 unspecified atom stereocenters. The molecule has 0 aromatic heterocycles. The van der Waals surface area contributed by atoms with Crippen LogP contribution in [0.1, 0.15) is 32.6 Å². The van der Waals surface area contributed by atoms with E-state index in [9.17, 15) is 8.42 Å². The molecular formula is C13H26N4O3S. The summed E-state index contributed by atoms with van der Waals surface area (Å²) < 4.78 is 30.2. The fourth-order valence-corrected chi connectivity index (χ4v) is 3.33. The van der Waals surface area contributed by atoms with Gasteiger partial charge in [0.2, 0.25) is 10.0 Å². The molecule has 0 radical (unpaired) electrons. The van der Waals surface area contributed by atoms with E-state index >= 15 is 0 Å². The zero-order chi connectivity index (χ0) is 15.3. The molecule has 2 aliphatic heterocycles. The van der Waals surface area contributed by atoms with Gasteiger partial charge in [-0.25, -0.2) is 13.1 Å². The minimum atomic E-state index is -3.11. The Bertz CT molecular complexity index is 466. The Kier molecular flexibility index (Phi) is 5.83. The van der Waals surface area contributed by atoms with Crippen LogP contribution in [-0.2, 0) is 14.8 Å². The third kappa shape index (κ3) is 5.44. The fourth-order valence-electron chi connectivity index (χ4n) is 2.81. The fraction of sp³-hybridized carbons (Fsp3) is 0.923. The molecule has 7 nitrogen and oxygen atoms in total. The van der Waals surface area contributed by atoms with Crippen molar-refractivity contribution in [3.05, 3.63) is 0 Å². The van der Waals surface area contributed by atoms with Crippen LogP contribution in [0.15, 0.2) is 4.99 Å². The van der Waals surface area contributed by atoms with Gasteiger partial charge in [-0.2, -0.15) is 0 Å². The zero-order valence-electron chi connectivity index (χ0n) is 12.8. The van der Waals surface area contributed by atoms with E-state index in [1.165, 1.54) is 6.42 Å². The summed E-state index contributed by atoms with van der Waals surface area (Å²) in [6, 6.07) is 0.343. The van der Waals surface area contributed by atoms with Gasteiger partial charge in [-0.15, -0.1) is 0 Å². The van der Waals surface area contributed by atoms with Gasteiger partial charge >= 0.3 is 0 Å². The largest absolute Gasteiger partial charge is 0.373 e. The summed E-state index contributed by atoms with van der Waals surface area (Å²) >= 11 is 0. The summed E-state index contributed by atoms with van der Waals surface area (Å²) in [4.78, 5) is 4.48. The number of ether oxygens (including phenoxy) is 1. The number of aliphatic imine (C=N–C) groups is 1. The van der Waals surface area contributed by atoms with Crippen molar-refractivity contribution in [1.29, 1.82) is 0 Å². The smallest absolute Gasteiger partial charge is 0.208 e. The molecule has 2 bridgehead atoms. The Labute approximate surface area is 127 Å². The minimum absolute atomic E-state index is 0.311. The highest BCUT2D eigenvalue weighted by Gasteiger charge is 2.41. The summed E-state index contributed by atoms with van der Waals surface area (Å²) in [7, 11) is -3.11. The van der Waals surface area contributed by atoms with Gasteiger partial charge in [-0.3, -0.25) is 4.99 Å². The number of hydrogen-bond acceptors (Lipinski definition) is 4. The van der Waals surface area contributed by atoms with Gasteiger partial charge in [-0.1, -0.05) is 0 Å². The highest BCUT2D eigenvalue weighted by atomic mass is 32.2. The molecule has 8 heteroatoms. The van der Waals surface area contributed by atoms with Crippen molar-refractivity contribution in [2.24, 2.45) is 4.99 Å². The van der Waals surface area contributed by atoms with E-state index in [0.717, 1.165) is 31.6 Å². The first-order chi connectivity index (χ1) is 9.98. The average molecular weight is 318 g/mol. The molecular weight excluding hydrogens is 292 g/mol. The van der Waals surface area contributed by atoms with Gasteiger partial charge in [0.25, 0.3) is 0 Å². The van der Waals surface area contributed by atoms with E-state index in [2.05, 4.69) is 20.3 Å². The molecule has 0 aliphatic carbocycles. The lowest BCUT2D eigenvalue weighted by atomic mass is 9.96. The second-order valence-corrected chi connectivity index (χ2v) is 7.47. The number of nitrogens with one attached hydrogen (secondary N) is 3. The lowest BCUT2D eigenvalue weighted by molar-refractivity contribution is 0.0992. The van der Waals surface area contributed by atoms with Gasteiger partial charge in [0.1, 0.15) is 0 Å².